The zero-order chi connectivity index (χ0) is 11.4. The van der Waals surface area contributed by atoms with E-state index in [2.05, 4.69) is 4.98 Å². The lowest BCUT2D eigenvalue weighted by molar-refractivity contribution is -0.130. The van der Waals surface area contributed by atoms with Crippen LogP contribution in [0, 0.1) is 4.77 Å². The van der Waals surface area contributed by atoms with Crippen molar-refractivity contribution in [1.82, 2.24) is 14.5 Å². The topological polar surface area (TPSA) is 61.3 Å². The second-order valence-corrected chi connectivity index (χ2v) is 3.62. The number of aliphatic hydroxyl groups excluding tert-OH is 1. The predicted octanol–water partition coefficient (Wildman–Crippen LogP) is 0.516. The van der Waals surface area contributed by atoms with Crippen molar-refractivity contribution in [2.45, 2.75) is 20.1 Å². The van der Waals surface area contributed by atoms with Crippen molar-refractivity contribution in [3.05, 3.63) is 16.7 Å². The number of H-pyrrole nitrogens is 1. The van der Waals surface area contributed by atoms with Gasteiger partial charge in [-0.15, -0.1) is 0 Å². The lowest BCUT2D eigenvalue weighted by Crippen LogP contribution is -2.30. The number of hydrogen-bond donors (Lipinski definition) is 2. The average molecular weight is 229 g/mol. The Hall–Kier alpha value is -1.14. The second-order valence-electron chi connectivity index (χ2n) is 3.24. The summed E-state index contributed by atoms with van der Waals surface area (Å²) in [7, 11) is 1.73. The molecule has 0 aliphatic carbocycles. The first kappa shape index (κ1) is 11.9. The van der Waals surface area contributed by atoms with Crippen LogP contribution in [0.2, 0.25) is 0 Å². The van der Waals surface area contributed by atoms with E-state index < -0.39 is 0 Å². The van der Waals surface area contributed by atoms with Crippen molar-refractivity contribution in [3.63, 3.8) is 0 Å². The third kappa shape index (κ3) is 2.66. The standard InChI is InChI=1S/C9H15N3O2S/c1-3-11(2)8(14)5-12-7(6-13)4-10-9(12)15/h4,13H,3,5-6H2,1-2H3,(H,10,15). The highest BCUT2D eigenvalue weighted by Crippen LogP contribution is 2.02. The van der Waals surface area contributed by atoms with Crippen LogP contribution in [-0.2, 0) is 17.9 Å². The van der Waals surface area contributed by atoms with Crippen molar-refractivity contribution < 1.29 is 9.90 Å². The summed E-state index contributed by atoms with van der Waals surface area (Å²) in [4.78, 5) is 16.0. The molecule has 0 bridgehead atoms. The molecule has 0 aromatic carbocycles. The molecule has 84 valence electrons. The van der Waals surface area contributed by atoms with E-state index in [0.717, 1.165) is 0 Å². The van der Waals surface area contributed by atoms with Crippen molar-refractivity contribution >= 4 is 18.1 Å². The van der Waals surface area contributed by atoms with E-state index in [-0.39, 0.29) is 19.1 Å². The van der Waals surface area contributed by atoms with Crippen molar-refractivity contribution in [1.29, 1.82) is 0 Å². The first-order chi connectivity index (χ1) is 7.10. The molecule has 0 radical (unpaired) electrons. The van der Waals surface area contributed by atoms with Gasteiger partial charge in [0, 0.05) is 19.8 Å². The van der Waals surface area contributed by atoms with Crippen molar-refractivity contribution in [2.75, 3.05) is 13.6 Å². The number of aliphatic hydroxyl groups is 1. The summed E-state index contributed by atoms with van der Waals surface area (Å²) in [5.74, 6) is -0.0251. The van der Waals surface area contributed by atoms with E-state index in [1.807, 2.05) is 6.92 Å². The Balaban J connectivity index is 2.84. The van der Waals surface area contributed by atoms with Gasteiger partial charge in [0.1, 0.15) is 6.54 Å². The molecule has 0 saturated carbocycles. The SMILES string of the molecule is CCN(C)C(=O)Cn1c(CO)c[nH]c1=S. The fraction of sp³-hybridized carbons (Fsp3) is 0.556. The average Bonchev–Trinajstić information content (AvgIpc) is 2.59. The number of aromatic amines is 1. The quantitative estimate of drug-likeness (QED) is 0.740. The van der Waals surface area contributed by atoms with Gasteiger partial charge in [-0.1, -0.05) is 0 Å². The molecule has 1 aromatic rings. The van der Waals surface area contributed by atoms with Gasteiger partial charge < -0.3 is 19.6 Å². The highest BCUT2D eigenvalue weighted by atomic mass is 32.1. The molecule has 1 amide bonds. The zero-order valence-corrected chi connectivity index (χ0v) is 9.67. The van der Waals surface area contributed by atoms with Crippen LogP contribution in [0.4, 0.5) is 0 Å². The second kappa shape index (κ2) is 5.09. The van der Waals surface area contributed by atoms with Gasteiger partial charge in [-0.05, 0) is 19.1 Å². The Kier molecular flexibility index (Phi) is 4.05. The summed E-state index contributed by atoms with van der Waals surface area (Å²) in [6.45, 7) is 2.60. The fourth-order valence-corrected chi connectivity index (χ4v) is 1.41. The van der Waals surface area contributed by atoms with Crippen molar-refractivity contribution in [2.24, 2.45) is 0 Å². The van der Waals surface area contributed by atoms with Crippen LogP contribution in [0.25, 0.3) is 0 Å². The summed E-state index contributed by atoms with van der Waals surface area (Å²) < 4.78 is 2.06. The molecule has 0 saturated heterocycles. The number of amides is 1. The van der Waals surface area contributed by atoms with Crippen LogP contribution in [0.3, 0.4) is 0 Å². The minimum Gasteiger partial charge on any atom is -0.390 e. The molecular formula is C9H15N3O2S. The summed E-state index contributed by atoms with van der Waals surface area (Å²) in [6, 6.07) is 0. The van der Waals surface area contributed by atoms with E-state index in [4.69, 9.17) is 17.3 Å². The van der Waals surface area contributed by atoms with E-state index in [9.17, 15) is 4.79 Å². The molecule has 5 nitrogen and oxygen atoms in total. The van der Waals surface area contributed by atoms with E-state index in [0.29, 0.717) is 17.0 Å². The van der Waals surface area contributed by atoms with Gasteiger partial charge in [-0.2, -0.15) is 0 Å². The molecule has 0 aliphatic rings. The molecule has 1 rings (SSSR count). The fourth-order valence-electron chi connectivity index (χ4n) is 1.17. The minimum atomic E-state index is -0.129. The number of rotatable bonds is 4. The number of imidazole rings is 1. The van der Waals surface area contributed by atoms with Gasteiger partial charge in [-0.3, -0.25) is 4.79 Å². The summed E-state index contributed by atoms with van der Waals surface area (Å²) in [6.07, 6.45) is 1.61. The number of aromatic nitrogens is 2. The third-order valence-corrected chi connectivity index (χ3v) is 2.65. The van der Waals surface area contributed by atoms with Crippen LogP contribution in [0.15, 0.2) is 6.20 Å². The predicted molar refractivity (Wildman–Crippen MR) is 58.9 cm³/mol. The number of likely N-dealkylation sites (N-methyl/N-ethyl adjacent to an activating group) is 1. The molecule has 0 aliphatic heterocycles. The Labute approximate surface area is 93.3 Å². The molecular weight excluding hydrogens is 214 g/mol. The van der Waals surface area contributed by atoms with Gasteiger partial charge >= 0.3 is 0 Å². The maximum Gasteiger partial charge on any atom is 0.242 e. The zero-order valence-electron chi connectivity index (χ0n) is 8.86. The minimum absolute atomic E-state index is 0.0251. The Morgan fingerprint density at radius 2 is 2.40 bits per heavy atom. The normalized spacial score (nSPS) is 10.3. The maximum atomic E-state index is 11.6. The molecule has 0 fully saturated rings. The number of nitrogens with one attached hydrogen (secondary N) is 1. The molecule has 0 atom stereocenters. The largest absolute Gasteiger partial charge is 0.390 e. The highest BCUT2D eigenvalue weighted by Gasteiger charge is 2.10. The number of hydrogen-bond acceptors (Lipinski definition) is 3. The molecule has 15 heavy (non-hydrogen) atoms. The van der Waals surface area contributed by atoms with E-state index in [1.54, 1.807) is 22.7 Å². The van der Waals surface area contributed by atoms with E-state index >= 15 is 0 Å². The first-order valence-corrected chi connectivity index (χ1v) is 5.12. The summed E-state index contributed by atoms with van der Waals surface area (Å²) >= 11 is 5.01. The van der Waals surface area contributed by atoms with Crippen LogP contribution in [0.5, 0.6) is 0 Å². The number of carbonyl (C=O) groups is 1. The molecule has 0 unspecified atom stereocenters. The van der Waals surface area contributed by atoms with Crippen molar-refractivity contribution in [3.8, 4) is 0 Å². The van der Waals surface area contributed by atoms with Gasteiger partial charge in [0.25, 0.3) is 0 Å². The van der Waals surface area contributed by atoms with Crippen LogP contribution in [-0.4, -0.2) is 39.1 Å². The molecule has 2 N–H and O–H groups in total. The smallest absolute Gasteiger partial charge is 0.242 e. The monoisotopic (exact) mass is 229 g/mol. The molecule has 1 aromatic heterocycles. The van der Waals surface area contributed by atoms with Gasteiger partial charge in [0.05, 0.1) is 12.3 Å². The molecule has 0 spiro atoms. The lowest BCUT2D eigenvalue weighted by Gasteiger charge is -2.15. The summed E-state index contributed by atoms with van der Waals surface area (Å²) in [5, 5.41) is 9.03. The van der Waals surface area contributed by atoms with Crippen LogP contribution in [0.1, 0.15) is 12.6 Å². The third-order valence-electron chi connectivity index (χ3n) is 2.31. The lowest BCUT2D eigenvalue weighted by atomic mass is 10.4. The number of nitrogens with zero attached hydrogens (tertiary/aromatic N) is 2. The summed E-state index contributed by atoms with van der Waals surface area (Å²) in [5.41, 5.74) is 0.623. The van der Waals surface area contributed by atoms with Crippen LogP contribution >= 0.6 is 12.2 Å². The maximum absolute atomic E-state index is 11.6. The van der Waals surface area contributed by atoms with Gasteiger partial charge in [0.15, 0.2) is 4.77 Å². The molecule has 6 heteroatoms. The first-order valence-electron chi connectivity index (χ1n) is 4.72. The Bertz CT molecular complexity index is 396. The van der Waals surface area contributed by atoms with Gasteiger partial charge in [-0.25, -0.2) is 0 Å². The van der Waals surface area contributed by atoms with Gasteiger partial charge in [0.2, 0.25) is 5.91 Å². The van der Waals surface area contributed by atoms with Crippen LogP contribution < -0.4 is 0 Å². The number of carbonyl (C=O) groups excluding carboxylic acids is 1. The molecule has 1 heterocycles. The highest BCUT2D eigenvalue weighted by molar-refractivity contribution is 7.71. The Morgan fingerprint density at radius 1 is 1.73 bits per heavy atom. The Morgan fingerprint density at radius 3 is 2.93 bits per heavy atom. The van der Waals surface area contributed by atoms with E-state index in [1.165, 1.54) is 0 Å².